The van der Waals surface area contributed by atoms with Crippen LogP contribution < -0.4 is 4.65 Å². The number of likely N-dealkylation sites (N-methyl/N-ethyl adjacent to an activating group) is 1. The van der Waals surface area contributed by atoms with E-state index >= 15 is 0 Å². The van der Waals surface area contributed by atoms with Gasteiger partial charge in [0.1, 0.15) is 11.7 Å². The minimum absolute atomic E-state index is 0.246. The van der Waals surface area contributed by atoms with Gasteiger partial charge in [0.2, 0.25) is 6.23 Å². The molecule has 1 aromatic rings. The molecule has 0 bridgehead atoms. The van der Waals surface area contributed by atoms with E-state index in [2.05, 4.69) is 17.1 Å². The van der Waals surface area contributed by atoms with Crippen LogP contribution in [0.5, 0.6) is 0 Å². The standard InChI is InChI=1S/C11H18N4O2S/c1-7-3-4-8(7)10-12-13-11(18-10)15(17)6-14(2)5-9(15)16/h7-9,16H,3-6H2,1-2H3. The van der Waals surface area contributed by atoms with E-state index in [1.54, 1.807) is 0 Å². The molecule has 0 amide bonds. The van der Waals surface area contributed by atoms with E-state index in [-0.39, 0.29) is 6.67 Å². The lowest BCUT2D eigenvalue weighted by molar-refractivity contribution is 0.0844. The summed E-state index contributed by atoms with van der Waals surface area (Å²) < 4.78 is -0.769. The zero-order chi connectivity index (χ0) is 12.9. The Morgan fingerprint density at radius 3 is 2.72 bits per heavy atom. The lowest BCUT2D eigenvalue weighted by Gasteiger charge is -2.36. The van der Waals surface area contributed by atoms with Gasteiger partial charge in [0.05, 0.1) is 6.54 Å². The fourth-order valence-corrected chi connectivity index (χ4v) is 3.86. The van der Waals surface area contributed by atoms with Crippen molar-refractivity contribution in [3.05, 3.63) is 10.2 Å². The molecule has 1 aliphatic heterocycles. The molecule has 2 heterocycles. The van der Waals surface area contributed by atoms with E-state index in [4.69, 9.17) is 0 Å². The Morgan fingerprint density at radius 2 is 2.22 bits per heavy atom. The molecule has 18 heavy (non-hydrogen) atoms. The molecule has 1 saturated carbocycles. The van der Waals surface area contributed by atoms with Crippen molar-refractivity contribution in [2.24, 2.45) is 5.92 Å². The van der Waals surface area contributed by atoms with Crippen LogP contribution in [0.2, 0.25) is 0 Å². The molecule has 0 spiro atoms. The van der Waals surface area contributed by atoms with Gasteiger partial charge in [-0.2, -0.15) is 0 Å². The highest BCUT2D eigenvalue weighted by molar-refractivity contribution is 7.15. The van der Waals surface area contributed by atoms with Gasteiger partial charge in [0, 0.05) is 5.92 Å². The van der Waals surface area contributed by atoms with Gasteiger partial charge in [-0.05, 0) is 37.1 Å². The Hall–Kier alpha value is -0.600. The van der Waals surface area contributed by atoms with Crippen LogP contribution in [0, 0.1) is 11.1 Å². The van der Waals surface area contributed by atoms with E-state index in [1.165, 1.54) is 17.8 Å². The van der Waals surface area contributed by atoms with E-state index < -0.39 is 10.9 Å². The number of β-amino-alcohol motifs (C(OH)–C–C–N with tert-alkyl or cyclic N) is 1. The van der Waals surface area contributed by atoms with Crippen molar-refractivity contribution in [1.29, 1.82) is 0 Å². The highest BCUT2D eigenvalue weighted by Gasteiger charge is 2.42. The highest BCUT2D eigenvalue weighted by atomic mass is 32.1. The predicted octanol–water partition coefficient (Wildman–Crippen LogP) is 1.08. The predicted molar refractivity (Wildman–Crippen MR) is 69.7 cm³/mol. The molecule has 1 aliphatic carbocycles. The quantitative estimate of drug-likeness (QED) is 0.643. The fourth-order valence-electron chi connectivity index (χ4n) is 2.67. The number of hydrogen-bond acceptors (Lipinski definition) is 6. The number of hydroxylamine groups is 2. The lowest BCUT2D eigenvalue weighted by Crippen LogP contribution is -2.48. The fraction of sp³-hybridized carbons (Fsp3) is 0.818. The van der Waals surface area contributed by atoms with Crippen LogP contribution in [0.4, 0.5) is 5.13 Å². The summed E-state index contributed by atoms with van der Waals surface area (Å²) in [5.41, 5.74) is 0. The number of rotatable bonds is 2. The van der Waals surface area contributed by atoms with Crippen LogP contribution >= 0.6 is 11.3 Å². The van der Waals surface area contributed by atoms with Gasteiger partial charge in [-0.1, -0.05) is 12.0 Å². The summed E-state index contributed by atoms with van der Waals surface area (Å²) in [6.07, 6.45) is 1.41. The number of nitrogens with zero attached hydrogens (tertiary/aromatic N) is 4. The Labute approximate surface area is 110 Å². The second-order valence-corrected chi connectivity index (χ2v) is 6.53. The second-order valence-electron chi connectivity index (χ2n) is 5.54. The van der Waals surface area contributed by atoms with Crippen molar-refractivity contribution in [3.63, 3.8) is 0 Å². The third-order valence-corrected chi connectivity index (χ3v) is 5.27. The van der Waals surface area contributed by atoms with E-state index in [0.717, 1.165) is 11.4 Å². The van der Waals surface area contributed by atoms with Gasteiger partial charge in [0.25, 0.3) is 0 Å². The maximum atomic E-state index is 12.6. The number of quaternary nitrogens is 1. The number of aliphatic hydroxyl groups excluding tert-OH is 1. The summed E-state index contributed by atoms with van der Waals surface area (Å²) in [7, 11) is 1.83. The molecule has 0 radical (unpaired) electrons. The summed E-state index contributed by atoms with van der Waals surface area (Å²) in [4.78, 5) is 1.82. The molecule has 4 unspecified atom stereocenters. The topological polar surface area (TPSA) is 72.3 Å². The zero-order valence-electron chi connectivity index (χ0n) is 10.6. The second kappa shape index (κ2) is 4.21. The number of aliphatic hydroxyl groups is 1. The molecule has 6 nitrogen and oxygen atoms in total. The van der Waals surface area contributed by atoms with E-state index in [0.29, 0.717) is 23.5 Å². The smallest absolute Gasteiger partial charge is 0.309 e. The van der Waals surface area contributed by atoms with Gasteiger partial charge in [-0.15, -0.1) is 5.10 Å². The summed E-state index contributed by atoms with van der Waals surface area (Å²) in [6, 6.07) is 0. The molecule has 1 aromatic heterocycles. The van der Waals surface area contributed by atoms with E-state index in [9.17, 15) is 10.3 Å². The molecule has 7 heteroatoms. The molecule has 1 N–H and O–H groups in total. The Bertz CT molecular complexity index is 454. The average Bonchev–Trinajstić information content (AvgIpc) is 2.84. The average molecular weight is 270 g/mol. The van der Waals surface area contributed by atoms with Gasteiger partial charge in [0.15, 0.2) is 0 Å². The lowest BCUT2D eigenvalue weighted by atomic mass is 9.75. The Balaban J connectivity index is 1.84. The highest BCUT2D eigenvalue weighted by Crippen LogP contribution is 2.45. The van der Waals surface area contributed by atoms with Crippen molar-refractivity contribution in [2.75, 3.05) is 20.3 Å². The SMILES string of the molecule is CC1CCC1c1nnc([N+]2([O-])CN(C)CC2O)s1. The molecule has 1 saturated heterocycles. The first-order valence-corrected chi connectivity index (χ1v) is 7.11. The molecule has 3 rings (SSSR count). The largest absolute Gasteiger partial charge is 0.623 e. The Kier molecular flexibility index (Phi) is 2.91. The van der Waals surface area contributed by atoms with Crippen LogP contribution in [-0.2, 0) is 0 Å². The van der Waals surface area contributed by atoms with Crippen LogP contribution in [0.15, 0.2) is 0 Å². The molecule has 0 aromatic carbocycles. The summed E-state index contributed by atoms with van der Waals surface area (Å²) in [5, 5.41) is 32.1. The molecular formula is C11H18N4O2S. The summed E-state index contributed by atoms with van der Waals surface area (Å²) in [5.74, 6) is 1.09. The van der Waals surface area contributed by atoms with Crippen molar-refractivity contribution in [1.82, 2.24) is 19.7 Å². The van der Waals surface area contributed by atoms with Gasteiger partial charge in [-0.25, -0.2) is 0 Å². The maximum absolute atomic E-state index is 12.6. The summed E-state index contributed by atoms with van der Waals surface area (Å²) >= 11 is 1.37. The molecular weight excluding hydrogens is 252 g/mol. The normalized spacial score (nSPS) is 41.0. The van der Waals surface area contributed by atoms with Crippen molar-refractivity contribution in [2.45, 2.75) is 31.9 Å². The minimum Gasteiger partial charge on any atom is -0.623 e. The zero-order valence-corrected chi connectivity index (χ0v) is 11.4. The number of aromatic nitrogens is 2. The van der Waals surface area contributed by atoms with Crippen LogP contribution in [0.1, 0.15) is 30.7 Å². The first-order chi connectivity index (χ1) is 8.50. The first kappa shape index (κ1) is 12.4. The molecule has 2 aliphatic rings. The third kappa shape index (κ3) is 1.78. The van der Waals surface area contributed by atoms with Crippen molar-refractivity contribution in [3.8, 4) is 0 Å². The molecule has 100 valence electrons. The van der Waals surface area contributed by atoms with Gasteiger partial charge in [-0.3, -0.25) is 9.55 Å². The minimum atomic E-state index is -0.949. The molecule has 2 fully saturated rings. The van der Waals surface area contributed by atoms with Crippen molar-refractivity contribution < 1.29 is 5.11 Å². The van der Waals surface area contributed by atoms with Gasteiger partial charge < -0.3 is 10.3 Å². The summed E-state index contributed by atoms with van der Waals surface area (Å²) in [6.45, 7) is 2.84. The maximum Gasteiger partial charge on any atom is 0.309 e. The third-order valence-electron chi connectivity index (χ3n) is 4.10. The first-order valence-electron chi connectivity index (χ1n) is 6.30. The van der Waals surface area contributed by atoms with Crippen LogP contribution in [0.25, 0.3) is 0 Å². The van der Waals surface area contributed by atoms with E-state index in [1.807, 2.05) is 11.9 Å². The van der Waals surface area contributed by atoms with Gasteiger partial charge >= 0.3 is 5.13 Å². The van der Waals surface area contributed by atoms with Crippen molar-refractivity contribution >= 4 is 16.5 Å². The van der Waals surface area contributed by atoms with Crippen LogP contribution in [-0.4, -0.2) is 46.7 Å². The monoisotopic (exact) mass is 270 g/mol. The van der Waals surface area contributed by atoms with Crippen LogP contribution in [0.3, 0.4) is 0 Å². The number of hydrogen-bond donors (Lipinski definition) is 1. The molecule has 4 atom stereocenters. The Morgan fingerprint density at radius 1 is 1.44 bits per heavy atom.